The molecule has 1 fully saturated rings. The number of rotatable bonds is 4. The van der Waals surface area contributed by atoms with Crippen molar-refractivity contribution in [1.82, 2.24) is 4.90 Å². The van der Waals surface area contributed by atoms with Gasteiger partial charge in [0.15, 0.2) is 0 Å². The van der Waals surface area contributed by atoms with Crippen LogP contribution in [0.15, 0.2) is 60.7 Å². The molecule has 1 heterocycles. The maximum Gasteiger partial charge on any atom is 0.337 e. The predicted octanol–water partition coefficient (Wildman–Crippen LogP) is 3.97. The quantitative estimate of drug-likeness (QED) is 0.573. The summed E-state index contributed by atoms with van der Waals surface area (Å²) in [5.41, 5.74) is 5.85. The summed E-state index contributed by atoms with van der Waals surface area (Å²) in [6, 6.07) is 13.7. The first-order valence-corrected chi connectivity index (χ1v) is 9.95. The number of hydrogen-bond donors (Lipinski definition) is 0. The van der Waals surface area contributed by atoms with Crippen molar-refractivity contribution in [2.24, 2.45) is 0 Å². The number of carbonyl (C=O) groups excluding carboxylic acids is 2. The molecule has 2 aromatic rings. The first kappa shape index (κ1) is 20.0. The maximum atomic E-state index is 12.3. The molecule has 1 atom stereocenters. The SMILES string of the molecule is C=CC(=O)N1CCC2(C)C(=C(c3ccc(OC)cc3)c3ccc(C(=O)OC)cc32)C1. The van der Waals surface area contributed by atoms with Crippen molar-refractivity contribution in [3.05, 3.63) is 82.9 Å². The van der Waals surface area contributed by atoms with E-state index in [0.29, 0.717) is 18.7 Å². The summed E-state index contributed by atoms with van der Waals surface area (Å²) in [6.45, 7) is 7.02. The molecule has 0 spiro atoms. The number of ether oxygens (including phenoxy) is 2. The minimum atomic E-state index is -0.347. The third-order valence-electron chi connectivity index (χ3n) is 6.37. The minimum Gasteiger partial charge on any atom is -0.497 e. The number of methoxy groups -OCH3 is 2. The van der Waals surface area contributed by atoms with E-state index in [1.54, 1.807) is 7.11 Å². The molecule has 0 aromatic heterocycles. The molecule has 154 valence electrons. The van der Waals surface area contributed by atoms with Crippen molar-refractivity contribution in [1.29, 1.82) is 0 Å². The summed E-state index contributed by atoms with van der Waals surface area (Å²) in [6.07, 6.45) is 2.15. The molecule has 0 bridgehead atoms. The lowest BCUT2D eigenvalue weighted by Gasteiger charge is -2.40. The van der Waals surface area contributed by atoms with Crippen molar-refractivity contribution in [3.63, 3.8) is 0 Å². The van der Waals surface area contributed by atoms with Crippen LogP contribution in [0, 0.1) is 0 Å². The molecule has 1 amide bonds. The van der Waals surface area contributed by atoms with Gasteiger partial charge in [0.2, 0.25) is 5.91 Å². The van der Waals surface area contributed by atoms with E-state index in [-0.39, 0.29) is 17.3 Å². The lowest BCUT2D eigenvalue weighted by atomic mass is 9.73. The molecule has 1 aliphatic carbocycles. The van der Waals surface area contributed by atoms with E-state index in [0.717, 1.165) is 34.4 Å². The van der Waals surface area contributed by atoms with Crippen LogP contribution in [-0.2, 0) is 14.9 Å². The number of benzene rings is 2. The van der Waals surface area contributed by atoms with Gasteiger partial charge in [0.1, 0.15) is 5.75 Å². The summed E-state index contributed by atoms with van der Waals surface area (Å²) in [4.78, 5) is 26.3. The highest BCUT2D eigenvalue weighted by Crippen LogP contribution is 2.52. The van der Waals surface area contributed by atoms with E-state index >= 15 is 0 Å². The normalized spacial score (nSPS) is 19.8. The second-order valence-corrected chi connectivity index (χ2v) is 7.88. The lowest BCUT2D eigenvalue weighted by molar-refractivity contribution is -0.126. The number of nitrogens with zero attached hydrogens (tertiary/aromatic N) is 1. The molecule has 2 aliphatic rings. The Bertz CT molecular complexity index is 1070. The van der Waals surface area contributed by atoms with Crippen LogP contribution in [-0.4, -0.2) is 44.1 Å². The fraction of sp³-hybridized carbons (Fsp3) is 0.280. The fourth-order valence-corrected chi connectivity index (χ4v) is 4.64. The molecule has 0 N–H and O–H groups in total. The summed E-state index contributed by atoms with van der Waals surface area (Å²) in [5, 5.41) is 0. The largest absolute Gasteiger partial charge is 0.497 e. The number of likely N-dealkylation sites (tertiary alicyclic amines) is 1. The highest BCUT2D eigenvalue weighted by Gasteiger charge is 2.45. The Kier molecular flexibility index (Phi) is 4.98. The predicted molar refractivity (Wildman–Crippen MR) is 116 cm³/mol. The summed E-state index contributed by atoms with van der Waals surface area (Å²) in [5.74, 6) is 0.378. The van der Waals surface area contributed by atoms with E-state index in [9.17, 15) is 9.59 Å². The Morgan fingerprint density at radius 2 is 1.87 bits per heavy atom. The molecule has 0 radical (unpaired) electrons. The third-order valence-corrected chi connectivity index (χ3v) is 6.37. The molecule has 0 saturated carbocycles. The van der Waals surface area contributed by atoms with Crippen molar-refractivity contribution < 1.29 is 19.1 Å². The number of carbonyl (C=O) groups is 2. The van der Waals surface area contributed by atoms with Gasteiger partial charge in [-0.25, -0.2) is 4.79 Å². The molecule has 5 heteroatoms. The first-order chi connectivity index (χ1) is 14.4. The number of esters is 1. The smallest absolute Gasteiger partial charge is 0.337 e. The van der Waals surface area contributed by atoms with Gasteiger partial charge in [-0.15, -0.1) is 0 Å². The Morgan fingerprint density at radius 1 is 1.13 bits per heavy atom. The number of hydrogen-bond acceptors (Lipinski definition) is 4. The number of fused-ring (bicyclic) bond motifs is 3. The van der Waals surface area contributed by atoms with E-state index in [4.69, 9.17) is 9.47 Å². The maximum absolute atomic E-state index is 12.3. The van der Waals surface area contributed by atoms with Gasteiger partial charge in [0.25, 0.3) is 0 Å². The molecule has 2 aromatic carbocycles. The van der Waals surface area contributed by atoms with Gasteiger partial charge in [-0.3, -0.25) is 4.79 Å². The van der Waals surface area contributed by atoms with Gasteiger partial charge in [-0.05, 0) is 64.6 Å². The van der Waals surface area contributed by atoms with Crippen LogP contribution in [0.1, 0.15) is 40.4 Å². The van der Waals surface area contributed by atoms with Gasteiger partial charge in [-0.1, -0.05) is 31.7 Å². The standard InChI is InChI=1S/C25H25NO4/c1-5-22(27)26-13-12-25(2)20-14-17(24(28)30-4)8-11-19(20)23(21(25)15-26)16-6-9-18(29-3)10-7-16/h5-11,14H,1,12-13,15H2,2-4H3. The van der Waals surface area contributed by atoms with Crippen LogP contribution in [0.5, 0.6) is 5.75 Å². The average Bonchev–Trinajstić information content (AvgIpc) is 3.05. The Morgan fingerprint density at radius 3 is 2.50 bits per heavy atom. The monoisotopic (exact) mass is 403 g/mol. The summed E-state index contributed by atoms with van der Waals surface area (Å²) in [7, 11) is 3.04. The second kappa shape index (κ2) is 7.48. The molecular formula is C25H25NO4. The first-order valence-electron chi connectivity index (χ1n) is 9.95. The topological polar surface area (TPSA) is 55.8 Å². The summed E-state index contributed by atoms with van der Waals surface area (Å²) >= 11 is 0. The van der Waals surface area contributed by atoms with Gasteiger partial charge >= 0.3 is 5.97 Å². The van der Waals surface area contributed by atoms with Crippen LogP contribution in [0.4, 0.5) is 0 Å². The third kappa shape index (κ3) is 3.02. The van der Waals surface area contributed by atoms with Crippen LogP contribution in [0.2, 0.25) is 0 Å². The Hall–Kier alpha value is -3.34. The lowest BCUT2D eigenvalue weighted by Crippen LogP contribution is -2.44. The number of piperidine rings is 1. The van der Waals surface area contributed by atoms with Crippen molar-refractivity contribution in [3.8, 4) is 5.75 Å². The van der Waals surface area contributed by atoms with Gasteiger partial charge < -0.3 is 14.4 Å². The molecular weight excluding hydrogens is 378 g/mol. The highest BCUT2D eigenvalue weighted by molar-refractivity contribution is 5.95. The van der Waals surface area contributed by atoms with E-state index in [1.165, 1.54) is 18.8 Å². The zero-order valence-corrected chi connectivity index (χ0v) is 17.5. The Labute approximate surface area is 176 Å². The fourth-order valence-electron chi connectivity index (χ4n) is 4.64. The second-order valence-electron chi connectivity index (χ2n) is 7.88. The van der Waals surface area contributed by atoms with E-state index < -0.39 is 0 Å². The van der Waals surface area contributed by atoms with Crippen molar-refractivity contribution >= 4 is 17.4 Å². The highest BCUT2D eigenvalue weighted by atomic mass is 16.5. The molecule has 30 heavy (non-hydrogen) atoms. The average molecular weight is 403 g/mol. The summed E-state index contributed by atoms with van der Waals surface area (Å²) < 4.78 is 10.2. The molecule has 1 saturated heterocycles. The van der Waals surface area contributed by atoms with Crippen molar-refractivity contribution in [2.75, 3.05) is 27.3 Å². The zero-order valence-electron chi connectivity index (χ0n) is 17.5. The van der Waals surface area contributed by atoms with Gasteiger partial charge in [0, 0.05) is 18.5 Å². The molecule has 1 aliphatic heterocycles. The van der Waals surface area contributed by atoms with Crippen LogP contribution >= 0.6 is 0 Å². The Balaban J connectivity index is 1.90. The van der Waals surface area contributed by atoms with Gasteiger partial charge in [-0.2, -0.15) is 0 Å². The number of amides is 1. The van der Waals surface area contributed by atoms with Gasteiger partial charge in [0.05, 0.1) is 19.8 Å². The molecule has 5 nitrogen and oxygen atoms in total. The van der Waals surface area contributed by atoms with Crippen LogP contribution < -0.4 is 4.74 Å². The molecule has 4 rings (SSSR count). The van der Waals surface area contributed by atoms with Crippen molar-refractivity contribution in [2.45, 2.75) is 18.8 Å². The van der Waals surface area contributed by atoms with Crippen LogP contribution in [0.3, 0.4) is 0 Å². The zero-order chi connectivity index (χ0) is 21.5. The van der Waals surface area contributed by atoms with Crippen LogP contribution in [0.25, 0.3) is 5.57 Å². The molecule has 1 unspecified atom stereocenters. The van der Waals surface area contributed by atoms with E-state index in [1.807, 2.05) is 47.4 Å². The minimum absolute atomic E-state index is 0.0650. The van der Waals surface area contributed by atoms with E-state index in [2.05, 4.69) is 13.5 Å².